The van der Waals surface area contributed by atoms with E-state index in [4.69, 9.17) is 4.42 Å². The number of carboxylic acids is 1. The van der Waals surface area contributed by atoms with Gasteiger partial charge in [0.2, 0.25) is 0 Å². The molecule has 0 radical (unpaired) electrons. The maximum Gasteiger partial charge on any atom is 0.326 e. The van der Waals surface area contributed by atoms with Gasteiger partial charge in [-0.3, -0.25) is 4.79 Å². The molecule has 5 heteroatoms. The van der Waals surface area contributed by atoms with E-state index in [1.54, 1.807) is 6.07 Å². The van der Waals surface area contributed by atoms with E-state index < -0.39 is 12.0 Å². The fourth-order valence-electron chi connectivity index (χ4n) is 4.14. The van der Waals surface area contributed by atoms with E-state index in [2.05, 4.69) is 0 Å². The van der Waals surface area contributed by atoms with Crippen LogP contribution in [0.1, 0.15) is 55.0 Å². The number of nitrogens with zero attached hydrogens (tertiary/aromatic N) is 1. The van der Waals surface area contributed by atoms with E-state index in [9.17, 15) is 14.7 Å². The number of amides is 1. The first kappa shape index (κ1) is 15.1. The van der Waals surface area contributed by atoms with Crippen LogP contribution in [0.2, 0.25) is 0 Å². The summed E-state index contributed by atoms with van der Waals surface area (Å²) < 4.78 is 5.70. The van der Waals surface area contributed by atoms with Crippen molar-refractivity contribution in [1.29, 1.82) is 0 Å². The third-order valence-electron chi connectivity index (χ3n) is 5.21. The summed E-state index contributed by atoms with van der Waals surface area (Å²) in [4.78, 5) is 25.9. The van der Waals surface area contributed by atoms with Gasteiger partial charge in [-0.25, -0.2) is 4.79 Å². The lowest BCUT2D eigenvalue weighted by Gasteiger charge is -2.23. The lowest BCUT2D eigenvalue weighted by molar-refractivity contribution is -0.142. The Morgan fingerprint density at radius 3 is 2.68 bits per heavy atom. The number of carbonyl (C=O) groups is 2. The van der Waals surface area contributed by atoms with Gasteiger partial charge in [-0.15, -0.1) is 0 Å². The van der Waals surface area contributed by atoms with Gasteiger partial charge in [0.05, 0.1) is 0 Å². The predicted octanol–water partition coefficient (Wildman–Crippen LogP) is 2.73. The van der Waals surface area contributed by atoms with Gasteiger partial charge in [0, 0.05) is 13.0 Å². The molecule has 1 N–H and O–H groups in total. The van der Waals surface area contributed by atoms with Gasteiger partial charge in [0.15, 0.2) is 5.76 Å². The Kier molecular flexibility index (Phi) is 3.98. The molecule has 1 aromatic heterocycles. The summed E-state index contributed by atoms with van der Waals surface area (Å²) in [5, 5.41) is 9.55. The van der Waals surface area contributed by atoms with Gasteiger partial charge in [-0.2, -0.15) is 0 Å². The van der Waals surface area contributed by atoms with Gasteiger partial charge in [-0.05, 0) is 42.7 Å². The highest BCUT2D eigenvalue weighted by molar-refractivity contribution is 5.95. The van der Waals surface area contributed by atoms with Crippen molar-refractivity contribution in [3.63, 3.8) is 0 Å². The molecule has 5 nitrogen and oxygen atoms in total. The Morgan fingerprint density at radius 2 is 2.09 bits per heavy atom. The quantitative estimate of drug-likeness (QED) is 0.928. The first-order valence-corrected chi connectivity index (χ1v) is 8.22. The van der Waals surface area contributed by atoms with Crippen LogP contribution in [0.3, 0.4) is 0 Å². The zero-order chi connectivity index (χ0) is 15.9. The van der Waals surface area contributed by atoms with E-state index in [0.29, 0.717) is 18.2 Å². The summed E-state index contributed by atoms with van der Waals surface area (Å²) in [5.41, 5.74) is 1.04. The smallest absolute Gasteiger partial charge is 0.326 e. The zero-order valence-corrected chi connectivity index (χ0v) is 13.2. The van der Waals surface area contributed by atoms with E-state index in [0.717, 1.165) is 43.4 Å². The second-order valence-electron chi connectivity index (χ2n) is 6.36. The Morgan fingerprint density at radius 1 is 1.32 bits per heavy atom. The van der Waals surface area contributed by atoms with Crippen molar-refractivity contribution >= 4 is 11.9 Å². The van der Waals surface area contributed by atoms with Crippen molar-refractivity contribution in [3.05, 3.63) is 23.2 Å². The van der Waals surface area contributed by atoms with Crippen molar-refractivity contribution < 1.29 is 19.1 Å². The van der Waals surface area contributed by atoms with E-state index in [1.165, 1.54) is 4.90 Å². The molecule has 1 aliphatic heterocycles. The number of likely N-dealkylation sites (tertiary alicyclic amines) is 1. The molecule has 0 aromatic carbocycles. The highest BCUT2D eigenvalue weighted by atomic mass is 16.4. The summed E-state index contributed by atoms with van der Waals surface area (Å²) in [6, 6.07) is 1.09. The number of carbonyl (C=O) groups excluding carboxylic acids is 1. The van der Waals surface area contributed by atoms with Crippen LogP contribution in [0.4, 0.5) is 0 Å². The number of hydrogen-bond acceptors (Lipinski definition) is 3. The average molecular weight is 305 g/mol. The molecule has 2 fully saturated rings. The SMILES string of the molecule is CCc1cc(C(=O)N2C[C@@H]3CCC[C@@H]3[C@H]2C(=O)O)oc1CC. The molecule has 1 aliphatic carbocycles. The second-order valence-corrected chi connectivity index (χ2v) is 6.36. The Bertz CT molecular complexity index is 570. The van der Waals surface area contributed by atoms with Crippen LogP contribution in [0, 0.1) is 11.8 Å². The highest BCUT2D eigenvalue weighted by Gasteiger charge is 2.50. The van der Waals surface area contributed by atoms with Crippen molar-refractivity contribution in [3.8, 4) is 0 Å². The maximum absolute atomic E-state index is 12.8. The van der Waals surface area contributed by atoms with Gasteiger partial charge in [0.1, 0.15) is 11.8 Å². The topological polar surface area (TPSA) is 70.8 Å². The number of carboxylic acid groups (broad SMARTS) is 1. The normalized spacial score (nSPS) is 27.2. The fourth-order valence-corrected chi connectivity index (χ4v) is 4.14. The molecule has 1 amide bonds. The summed E-state index contributed by atoms with van der Waals surface area (Å²) in [5.74, 6) is 0.401. The number of aryl methyl sites for hydroxylation is 2. The third-order valence-corrected chi connectivity index (χ3v) is 5.21. The number of fused-ring (bicyclic) bond motifs is 1. The summed E-state index contributed by atoms with van der Waals surface area (Å²) >= 11 is 0. The first-order valence-electron chi connectivity index (χ1n) is 8.22. The molecule has 0 bridgehead atoms. The Balaban J connectivity index is 1.88. The fraction of sp³-hybridized carbons (Fsp3) is 0.647. The monoisotopic (exact) mass is 305 g/mol. The lowest BCUT2D eigenvalue weighted by Crippen LogP contribution is -2.43. The van der Waals surface area contributed by atoms with Crippen LogP contribution in [0.5, 0.6) is 0 Å². The molecule has 1 saturated heterocycles. The van der Waals surface area contributed by atoms with Crippen LogP contribution >= 0.6 is 0 Å². The number of furan rings is 1. The molecule has 0 unspecified atom stereocenters. The van der Waals surface area contributed by atoms with Crippen LogP contribution in [0.15, 0.2) is 10.5 Å². The molecule has 2 heterocycles. The third kappa shape index (κ3) is 2.32. The van der Waals surface area contributed by atoms with E-state index >= 15 is 0 Å². The van der Waals surface area contributed by atoms with Crippen LogP contribution in [-0.4, -0.2) is 34.5 Å². The second kappa shape index (κ2) is 5.78. The summed E-state index contributed by atoms with van der Waals surface area (Å²) in [6.07, 6.45) is 4.56. The van der Waals surface area contributed by atoms with Crippen LogP contribution in [0.25, 0.3) is 0 Å². The average Bonchev–Trinajstić information content (AvgIpc) is 3.18. The van der Waals surface area contributed by atoms with E-state index in [1.807, 2.05) is 13.8 Å². The number of aliphatic carboxylic acids is 1. The molecule has 1 saturated carbocycles. The zero-order valence-electron chi connectivity index (χ0n) is 13.2. The van der Waals surface area contributed by atoms with Gasteiger partial charge in [0.25, 0.3) is 5.91 Å². The lowest BCUT2D eigenvalue weighted by atomic mass is 9.94. The Hall–Kier alpha value is -1.78. The predicted molar refractivity (Wildman–Crippen MR) is 80.8 cm³/mol. The molecular formula is C17H23NO4. The summed E-state index contributed by atoms with van der Waals surface area (Å²) in [6.45, 7) is 4.56. The Labute approximate surface area is 130 Å². The largest absolute Gasteiger partial charge is 0.480 e. The minimum atomic E-state index is -0.888. The first-order chi connectivity index (χ1) is 10.6. The molecular weight excluding hydrogens is 282 g/mol. The molecule has 1 aromatic rings. The van der Waals surface area contributed by atoms with Crippen molar-refractivity contribution in [2.24, 2.45) is 11.8 Å². The van der Waals surface area contributed by atoms with E-state index in [-0.39, 0.29) is 11.8 Å². The molecule has 22 heavy (non-hydrogen) atoms. The van der Waals surface area contributed by atoms with Gasteiger partial charge < -0.3 is 14.4 Å². The minimum absolute atomic E-state index is 0.104. The molecule has 0 spiro atoms. The molecule has 3 rings (SSSR count). The van der Waals surface area contributed by atoms with Crippen molar-refractivity contribution in [1.82, 2.24) is 4.90 Å². The highest BCUT2D eigenvalue weighted by Crippen LogP contribution is 2.42. The molecule has 3 atom stereocenters. The molecule has 2 aliphatic rings. The minimum Gasteiger partial charge on any atom is -0.480 e. The van der Waals surface area contributed by atoms with Crippen molar-refractivity contribution in [2.75, 3.05) is 6.54 Å². The maximum atomic E-state index is 12.8. The molecule has 120 valence electrons. The van der Waals surface area contributed by atoms with Crippen LogP contribution < -0.4 is 0 Å². The number of hydrogen-bond donors (Lipinski definition) is 1. The standard InChI is InChI=1S/C17H23NO4/c1-3-10-8-14(22-13(10)4-2)16(19)18-9-11-6-5-7-12(11)15(18)17(20)21/h8,11-12,15H,3-7,9H2,1-2H3,(H,20,21)/t11-,12-,15-/m0/s1. The van der Waals surface area contributed by atoms with Gasteiger partial charge >= 0.3 is 5.97 Å². The number of rotatable bonds is 4. The van der Waals surface area contributed by atoms with Crippen LogP contribution in [-0.2, 0) is 17.6 Å². The summed E-state index contributed by atoms with van der Waals surface area (Å²) in [7, 11) is 0. The van der Waals surface area contributed by atoms with Gasteiger partial charge in [-0.1, -0.05) is 20.3 Å². The van der Waals surface area contributed by atoms with Crippen molar-refractivity contribution in [2.45, 2.75) is 52.0 Å².